The third kappa shape index (κ3) is 4.99. The molecule has 0 atom stereocenters. The minimum Gasteiger partial charge on any atom is -0.311 e. The van der Waals surface area contributed by atoms with E-state index in [1.807, 2.05) is 48.0 Å². The maximum absolute atomic E-state index is 12.4. The number of carbonyl (C=O) groups is 1. The van der Waals surface area contributed by atoms with Crippen molar-refractivity contribution in [3.63, 3.8) is 0 Å². The number of amides is 1. The van der Waals surface area contributed by atoms with Gasteiger partial charge in [-0.25, -0.2) is 4.68 Å². The van der Waals surface area contributed by atoms with Crippen molar-refractivity contribution in [1.29, 1.82) is 0 Å². The molecule has 0 aliphatic carbocycles. The molecule has 1 amide bonds. The molecule has 0 aliphatic heterocycles. The number of benzene rings is 2. The fraction of sp³-hybridized carbons (Fsp3) is 0.238. The minimum atomic E-state index is -0.0323. The number of thioether (sulfide) groups is 1. The summed E-state index contributed by atoms with van der Waals surface area (Å²) in [7, 11) is 0. The first-order valence-corrected chi connectivity index (χ1v) is 9.72. The lowest BCUT2D eigenvalue weighted by Crippen LogP contribution is -2.18. The molecule has 1 heterocycles. The molecule has 0 spiro atoms. The smallest absolute Gasteiger partial charge is 0.229 e. The third-order valence-electron chi connectivity index (χ3n) is 3.94. The molecule has 0 saturated heterocycles. The van der Waals surface area contributed by atoms with Gasteiger partial charge in [0.25, 0.3) is 0 Å². The Morgan fingerprint density at radius 3 is 2.50 bits per heavy atom. The van der Waals surface area contributed by atoms with E-state index in [9.17, 15) is 4.79 Å². The molecule has 3 aromatic rings. The van der Waals surface area contributed by atoms with Gasteiger partial charge < -0.3 is 5.32 Å². The first kappa shape index (κ1) is 18.3. The number of nitrogens with one attached hydrogen (secondary N) is 1. The van der Waals surface area contributed by atoms with E-state index in [-0.39, 0.29) is 5.91 Å². The highest BCUT2D eigenvalue weighted by Gasteiger charge is 2.10. The highest BCUT2D eigenvalue weighted by molar-refractivity contribution is 7.99. The zero-order valence-electron chi connectivity index (χ0n) is 15.1. The number of hydrogen-bond acceptors (Lipinski definition) is 3. The summed E-state index contributed by atoms with van der Waals surface area (Å²) in [5, 5.41) is 7.49. The number of aryl methyl sites for hydroxylation is 1. The first-order chi connectivity index (χ1) is 12.6. The number of nitrogens with zero attached hydrogens (tertiary/aromatic N) is 2. The molecule has 5 heteroatoms. The number of anilines is 1. The van der Waals surface area contributed by atoms with Gasteiger partial charge in [-0.2, -0.15) is 5.10 Å². The van der Waals surface area contributed by atoms with Gasteiger partial charge in [-0.1, -0.05) is 49.4 Å². The zero-order chi connectivity index (χ0) is 18.4. The van der Waals surface area contributed by atoms with Crippen LogP contribution in [0.1, 0.15) is 23.7 Å². The summed E-state index contributed by atoms with van der Waals surface area (Å²) in [5.74, 6) is 1.74. The quantitative estimate of drug-likeness (QED) is 0.626. The average molecular weight is 366 g/mol. The van der Waals surface area contributed by atoms with Gasteiger partial charge in [0.1, 0.15) is 5.82 Å². The third-order valence-corrected chi connectivity index (χ3v) is 4.84. The number of rotatable bonds is 7. The molecule has 0 fully saturated rings. The molecule has 0 aliphatic rings. The molecule has 4 nitrogen and oxygen atoms in total. The van der Waals surface area contributed by atoms with Gasteiger partial charge in [0, 0.05) is 11.0 Å². The SMILES string of the molecule is CCSc1ccc(CC(=O)Nc2cc(C)nn2Cc2ccccc2)cc1. The van der Waals surface area contributed by atoms with Gasteiger partial charge in [0.2, 0.25) is 5.91 Å². The Kier molecular flexibility index (Phi) is 6.12. The van der Waals surface area contributed by atoms with Crippen LogP contribution in [-0.4, -0.2) is 21.4 Å². The Morgan fingerprint density at radius 1 is 1.08 bits per heavy atom. The number of hydrogen-bond donors (Lipinski definition) is 1. The van der Waals surface area contributed by atoms with Crippen LogP contribution in [0.25, 0.3) is 0 Å². The van der Waals surface area contributed by atoms with Crippen molar-refractivity contribution >= 4 is 23.5 Å². The summed E-state index contributed by atoms with van der Waals surface area (Å²) in [6.45, 7) is 4.70. The van der Waals surface area contributed by atoms with Crippen LogP contribution < -0.4 is 5.32 Å². The Labute approximate surface area is 158 Å². The second-order valence-electron chi connectivity index (χ2n) is 6.12. The predicted molar refractivity (Wildman–Crippen MR) is 108 cm³/mol. The summed E-state index contributed by atoms with van der Waals surface area (Å²) in [5.41, 5.74) is 3.04. The molecule has 0 radical (unpaired) electrons. The lowest BCUT2D eigenvalue weighted by molar-refractivity contribution is -0.115. The van der Waals surface area contributed by atoms with Gasteiger partial charge in [-0.05, 0) is 35.9 Å². The largest absolute Gasteiger partial charge is 0.311 e. The van der Waals surface area contributed by atoms with Crippen LogP contribution in [0.4, 0.5) is 5.82 Å². The van der Waals surface area contributed by atoms with Gasteiger partial charge in [0.15, 0.2) is 0 Å². The molecule has 0 saturated carbocycles. The van der Waals surface area contributed by atoms with Crippen molar-refractivity contribution in [2.75, 3.05) is 11.1 Å². The summed E-state index contributed by atoms with van der Waals surface area (Å²) in [4.78, 5) is 13.7. The molecule has 26 heavy (non-hydrogen) atoms. The fourth-order valence-electron chi connectivity index (χ4n) is 2.77. The normalized spacial score (nSPS) is 10.7. The van der Waals surface area contributed by atoms with Crippen LogP contribution in [0, 0.1) is 6.92 Å². The van der Waals surface area contributed by atoms with Crippen LogP contribution >= 0.6 is 11.8 Å². The van der Waals surface area contributed by atoms with Crippen molar-refractivity contribution in [2.45, 2.75) is 31.7 Å². The Hall–Kier alpha value is -2.53. The fourth-order valence-corrected chi connectivity index (χ4v) is 3.43. The van der Waals surface area contributed by atoms with Gasteiger partial charge in [-0.3, -0.25) is 4.79 Å². The van der Waals surface area contributed by atoms with E-state index in [2.05, 4.69) is 41.6 Å². The van der Waals surface area contributed by atoms with Crippen LogP contribution in [0.5, 0.6) is 0 Å². The molecule has 1 aromatic heterocycles. The maximum Gasteiger partial charge on any atom is 0.229 e. The highest BCUT2D eigenvalue weighted by atomic mass is 32.2. The van der Waals surface area contributed by atoms with E-state index in [1.165, 1.54) is 4.90 Å². The lowest BCUT2D eigenvalue weighted by atomic mass is 10.1. The molecule has 3 rings (SSSR count). The van der Waals surface area contributed by atoms with Gasteiger partial charge in [0.05, 0.1) is 18.7 Å². The average Bonchev–Trinajstić information content (AvgIpc) is 2.96. The maximum atomic E-state index is 12.4. The first-order valence-electron chi connectivity index (χ1n) is 8.74. The van der Waals surface area contributed by atoms with E-state index in [1.54, 1.807) is 11.8 Å². The molecule has 0 bridgehead atoms. The van der Waals surface area contributed by atoms with E-state index in [0.29, 0.717) is 13.0 Å². The zero-order valence-corrected chi connectivity index (χ0v) is 15.9. The van der Waals surface area contributed by atoms with Gasteiger partial charge in [-0.15, -0.1) is 11.8 Å². The molecule has 0 unspecified atom stereocenters. The number of carbonyl (C=O) groups excluding carboxylic acids is 1. The van der Waals surface area contributed by atoms with E-state index in [0.717, 1.165) is 28.4 Å². The monoisotopic (exact) mass is 365 g/mol. The van der Waals surface area contributed by atoms with Gasteiger partial charge >= 0.3 is 0 Å². The summed E-state index contributed by atoms with van der Waals surface area (Å²) >= 11 is 1.80. The molecular formula is C21H23N3OS. The standard InChI is InChI=1S/C21H23N3OS/c1-3-26-19-11-9-17(10-12-19)14-21(25)22-20-13-16(2)23-24(20)15-18-7-5-4-6-8-18/h4-13H,3,14-15H2,1-2H3,(H,22,25). The lowest BCUT2D eigenvalue weighted by Gasteiger charge is -2.09. The number of aromatic nitrogens is 2. The summed E-state index contributed by atoms with van der Waals surface area (Å²) in [6, 6.07) is 20.2. The van der Waals surface area contributed by atoms with E-state index < -0.39 is 0 Å². The van der Waals surface area contributed by atoms with Crippen molar-refractivity contribution < 1.29 is 4.79 Å². The van der Waals surface area contributed by atoms with Crippen molar-refractivity contribution in [3.05, 3.63) is 77.5 Å². The van der Waals surface area contributed by atoms with Crippen molar-refractivity contribution in [3.8, 4) is 0 Å². The van der Waals surface area contributed by atoms with Crippen molar-refractivity contribution in [1.82, 2.24) is 9.78 Å². The second kappa shape index (κ2) is 8.72. The van der Waals surface area contributed by atoms with Crippen LogP contribution in [-0.2, 0) is 17.8 Å². The second-order valence-corrected chi connectivity index (χ2v) is 7.45. The Balaban J connectivity index is 1.65. The predicted octanol–water partition coefficient (Wildman–Crippen LogP) is 4.53. The Bertz CT molecular complexity index is 857. The van der Waals surface area contributed by atoms with Crippen LogP contribution in [0.2, 0.25) is 0 Å². The Morgan fingerprint density at radius 2 is 1.81 bits per heavy atom. The van der Waals surface area contributed by atoms with E-state index >= 15 is 0 Å². The summed E-state index contributed by atoms with van der Waals surface area (Å²) in [6.07, 6.45) is 0.354. The summed E-state index contributed by atoms with van der Waals surface area (Å²) < 4.78 is 1.84. The van der Waals surface area contributed by atoms with Crippen LogP contribution in [0.15, 0.2) is 65.6 Å². The van der Waals surface area contributed by atoms with Crippen LogP contribution in [0.3, 0.4) is 0 Å². The topological polar surface area (TPSA) is 46.9 Å². The van der Waals surface area contributed by atoms with Crippen molar-refractivity contribution in [2.24, 2.45) is 0 Å². The van der Waals surface area contributed by atoms with E-state index in [4.69, 9.17) is 0 Å². The molecule has 2 aromatic carbocycles. The minimum absolute atomic E-state index is 0.0323. The molecule has 1 N–H and O–H groups in total. The highest BCUT2D eigenvalue weighted by Crippen LogP contribution is 2.18. The molecular weight excluding hydrogens is 342 g/mol. The molecule has 134 valence electrons.